The van der Waals surface area contributed by atoms with Crippen molar-refractivity contribution in [1.82, 2.24) is 15.1 Å². The van der Waals surface area contributed by atoms with Crippen LogP contribution in [0.25, 0.3) is 0 Å². The van der Waals surface area contributed by atoms with Crippen LogP contribution in [0.1, 0.15) is 49.3 Å². The summed E-state index contributed by atoms with van der Waals surface area (Å²) < 4.78 is 23.3. The van der Waals surface area contributed by atoms with Gasteiger partial charge in [-0.05, 0) is 32.1 Å². The van der Waals surface area contributed by atoms with Crippen LogP contribution in [0.2, 0.25) is 0 Å². The number of rotatable bonds is 6. The van der Waals surface area contributed by atoms with Gasteiger partial charge < -0.3 is 4.90 Å². The molecule has 8 heteroatoms. The molecule has 1 fully saturated rings. The maximum absolute atomic E-state index is 12.6. The zero-order chi connectivity index (χ0) is 15.8. The van der Waals surface area contributed by atoms with Gasteiger partial charge in [-0.3, -0.25) is 9.89 Å². The average Bonchev–Trinajstić information content (AvgIpc) is 3.09. The molecule has 0 saturated heterocycles. The Kier molecular flexibility index (Phi) is 4.63. The fourth-order valence-electron chi connectivity index (χ4n) is 2.23. The van der Waals surface area contributed by atoms with Gasteiger partial charge in [-0.1, -0.05) is 13.8 Å². The lowest BCUT2D eigenvalue weighted by molar-refractivity contribution is 0.0725. The molecule has 1 saturated carbocycles. The zero-order valence-corrected chi connectivity index (χ0v) is 14.0. The summed E-state index contributed by atoms with van der Waals surface area (Å²) in [4.78, 5) is 14.2. The van der Waals surface area contributed by atoms with E-state index in [0.29, 0.717) is 12.5 Å². The Hall–Kier alpha value is -1.08. The highest BCUT2D eigenvalue weighted by Gasteiger charge is 2.37. The first-order chi connectivity index (χ1) is 9.71. The Labute approximate surface area is 129 Å². The van der Waals surface area contributed by atoms with Gasteiger partial charge in [-0.25, -0.2) is 8.42 Å². The lowest BCUT2D eigenvalue weighted by Crippen LogP contribution is -2.35. The maximum atomic E-state index is 12.6. The first-order valence-corrected chi connectivity index (χ1v) is 9.33. The predicted octanol–water partition coefficient (Wildman–Crippen LogP) is 2.30. The van der Waals surface area contributed by atoms with E-state index in [9.17, 15) is 13.2 Å². The van der Waals surface area contributed by atoms with Gasteiger partial charge in [0, 0.05) is 23.3 Å². The summed E-state index contributed by atoms with van der Waals surface area (Å²) in [5.41, 5.74) is 0.186. The number of halogens is 1. The van der Waals surface area contributed by atoms with E-state index in [1.807, 2.05) is 0 Å². The summed E-state index contributed by atoms with van der Waals surface area (Å²) in [7, 11) is 1.42. The van der Waals surface area contributed by atoms with Crippen LogP contribution in [0.15, 0.2) is 4.90 Å². The fraction of sp³-hybridized carbons (Fsp3) is 0.692. The first kappa shape index (κ1) is 16.3. The number of hydrogen-bond acceptors (Lipinski definition) is 4. The highest BCUT2D eigenvalue weighted by atomic mass is 35.7. The van der Waals surface area contributed by atoms with Gasteiger partial charge in [0.25, 0.3) is 15.0 Å². The zero-order valence-electron chi connectivity index (χ0n) is 12.4. The van der Waals surface area contributed by atoms with Crippen LogP contribution in [0.5, 0.6) is 0 Å². The maximum Gasteiger partial charge on any atom is 0.276 e. The summed E-state index contributed by atoms with van der Waals surface area (Å²) in [6.45, 7) is 6.31. The number of aromatic amines is 1. The van der Waals surface area contributed by atoms with Crippen LogP contribution in [-0.4, -0.2) is 42.0 Å². The Morgan fingerprint density at radius 2 is 2.10 bits per heavy atom. The minimum Gasteiger partial charge on any atom is -0.334 e. The quantitative estimate of drug-likeness (QED) is 0.810. The van der Waals surface area contributed by atoms with Crippen molar-refractivity contribution in [3.8, 4) is 0 Å². The smallest absolute Gasteiger partial charge is 0.276 e. The summed E-state index contributed by atoms with van der Waals surface area (Å²) in [5.74, 6) is 0.109. The fourth-order valence-corrected chi connectivity index (χ4v) is 3.57. The molecule has 0 aliphatic heterocycles. The van der Waals surface area contributed by atoms with E-state index in [-0.39, 0.29) is 28.2 Å². The molecule has 1 heterocycles. The molecular weight excluding hydrogens is 314 g/mol. The van der Waals surface area contributed by atoms with Gasteiger partial charge in [0.1, 0.15) is 4.90 Å². The molecule has 1 aromatic heterocycles. The van der Waals surface area contributed by atoms with Crippen molar-refractivity contribution >= 4 is 25.6 Å². The van der Waals surface area contributed by atoms with Crippen molar-refractivity contribution in [1.29, 1.82) is 0 Å². The van der Waals surface area contributed by atoms with Gasteiger partial charge in [0.05, 0.1) is 5.69 Å². The molecule has 0 bridgehead atoms. The first-order valence-electron chi connectivity index (χ1n) is 7.02. The number of amides is 1. The third-order valence-electron chi connectivity index (χ3n) is 3.53. The van der Waals surface area contributed by atoms with Crippen molar-refractivity contribution in [3.05, 3.63) is 11.4 Å². The largest absolute Gasteiger partial charge is 0.334 e. The minimum atomic E-state index is -4.00. The molecule has 0 radical (unpaired) electrons. The molecule has 0 unspecified atom stereocenters. The van der Waals surface area contributed by atoms with Crippen LogP contribution in [0.3, 0.4) is 0 Å². The number of carbonyl (C=O) groups excluding carboxylic acids is 1. The van der Waals surface area contributed by atoms with Crippen molar-refractivity contribution < 1.29 is 13.2 Å². The standard InChI is InChI=1S/C13H20ClN3O3S/c1-8(2)6-7-17(10-4-5-10)13(18)11-12(21(14,19)20)9(3)15-16-11/h8,10H,4-7H2,1-3H3,(H,15,16). The Morgan fingerprint density at radius 1 is 1.48 bits per heavy atom. The SMILES string of the molecule is Cc1[nH]nc(C(=O)N(CCC(C)C)C2CC2)c1S(=O)(=O)Cl. The molecule has 1 amide bonds. The van der Waals surface area contributed by atoms with E-state index in [0.717, 1.165) is 19.3 Å². The van der Waals surface area contributed by atoms with E-state index in [2.05, 4.69) is 24.0 Å². The number of carbonyl (C=O) groups is 1. The van der Waals surface area contributed by atoms with Crippen molar-refractivity contribution in [2.45, 2.75) is 51.0 Å². The van der Waals surface area contributed by atoms with E-state index in [1.165, 1.54) is 6.92 Å². The van der Waals surface area contributed by atoms with Crippen LogP contribution < -0.4 is 0 Å². The normalized spacial score (nSPS) is 15.5. The second kappa shape index (κ2) is 5.96. The number of aryl methyl sites for hydroxylation is 1. The van der Waals surface area contributed by atoms with Crippen molar-refractivity contribution in [2.24, 2.45) is 5.92 Å². The van der Waals surface area contributed by atoms with E-state index >= 15 is 0 Å². The van der Waals surface area contributed by atoms with Crippen LogP contribution in [0, 0.1) is 12.8 Å². The van der Waals surface area contributed by atoms with Crippen molar-refractivity contribution in [3.63, 3.8) is 0 Å². The topological polar surface area (TPSA) is 83.1 Å². The molecule has 118 valence electrons. The Bertz CT molecular complexity index is 635. The monoisotopic (exact) mass is 333 g/mol. The molecule has 0 spiro atoms. The molecule has 6 nitrogen and oxygen atoms in total. The van der Waals surface area contributed by atoms with Gasteiger partial charge in [-0.15, -0.1) is 0 Å². The number of nitrogens with zero attached hydrogens (tertiary/aromatic N) is 2. The minimum absolute atomic E-state index is 0.0989. The second-order valence-electron chi connectivity index (χ2n) is 5.88. The predicted molar refractivity (Wildman–Crippen MR) is 79.9 cm³/mol. The third-order valence-corrected chi connectivity index (χ3v) is 4.98. The Balaban J connectivity index is 2.29. The summed E-state index contributed by atoms with van der Waals surface area (Å²) in [5, 5.41) is 6.40. The molecule has 1 aliphatic rings. The van der Waals surface area contributed by atoms with Gasteiger partial charge >= 0.3 is 0 Å². The van der Waals surface area contributed by atoms with Crippen LogP contribution in [-0.2, 0) is 9.05 Å². The number of H-pyrrole nitrogens is 1. The van der Waals surface area contributed by atoms with Crippen molar-refractivity contribution in [2.75, 3.05) is 6.54 Å². The number of hydrogen-bond donors (Lipinski definition) is 1. The molecular formula is C13H20ClN3O3S. The number of nitrogens with one attached hydrogen (secondary N) is 1. The average molecular weight is 334 g/mol. The lowest BCUT2D eigenvalue weighted by atomic mass is 10.1. The second-order valence-corrected chi connectivity index (χ2v) is 8.38. The molecule has 21 heavy (non-hydrogen) atoms. The Morgan fingerprint density at radius 3 is 2.57 bits per heavy atom. The van der Waals surface area contributed by atoms with E-state index in [1.54, 1.807) is 4.90 Å². The molecule has 2 rings (SSSR count). The van der Waals surface area contributed by atoms with Gasteiger partial charge in [-0.2, -0.15) is 5.10 Å². The van der Waals surface area contributed by atoms with Crippen LogP contribution in [0.4, 0.5) is 0 Å². The third kappa shape index (κ3) is 3.77. The molecule has 0 aromatic carbocycles. The lowest BCUT2D eigenvalue weighted by Gasteiger charge is -2.22. The van der Waals surface area contributed by atoms with E-state index in [4.69, 9.17) is 10.7 Å². The van der Waals surface area contributed by atoms with E-state index < -0.39 is 9.05 Å². The van der Waals surface area contributed by atoms with Gasteiger partial charge in [0.15, 0.2) is 5.69 Å². The molecule has 0 atom stereocenters. The summed E-state index contributed by atoms with van der Waals surface area (Å²) in [6, 6.07) is 0.194. The molecule has 1 N–H and O–H groups in total. The molecule has 1 aliphatic carbocycles. The highest BCUT2D eigenvalue weighted by Crippen LogP contribution is 2.31. The molecule has 1 aromatic rings. The van der Waals surface area contributed by atoms with Crippen LogP contribution >= 0.6 is 10.7 Å². The highest BCUT2D eigenvalue weighted by molar-refractivity contribution is 8.13. The number of aromatic nitrogens is 2. The summed E-state index contributed by atoms with van der Waals surface area (Å²) >= 11 is 0. The summed E-state index contributed by atoms with van der Waals surface area (Å²) in [6.07, 6.45) is 2.78. The van der Waals surface area contributed by atoms with Gasteiger partial charge in [0.2, 0.25) is 0 Å².